The number of fused-ring (bicyclic) bond motifs is 1. The van der Waals surface area contributed by atoms with Crippen LogP contribution >= 0.6 is 27.7 Å². The van der Waals surface area contributed by atoms with E-state index in [4.69, 9.17) is 0 Å². The molecule has 0 spiro atoms. The van der Waals surface area contributed by atoms with E-state index in [0.717, 1.165) is 26.5 Å². The fourth-order valence-corrected chi connectivity index (χ4v) is 4.30. The third kappa shape index (κ3) is 2.51. The van der Waals surface area contributed by atoms with Crippen LogP contribution in [0.2, 0.25) is 0 Å². The number of thioether (sulfide) groups is 1. The fourth-order valence-electron chi connectivity index (χ4n) is 2.49. The van der Waals surface area contributed by atoms with Gasteiger partial charge in [-0.25, -0.2) is 4.99 Å². The molecule has 0 saturated carbocycles. The molecule has 0 saturated heterocycles. The van der Waals surface area contributed by atoms with E-state index in [2.05, 4.69) is 32.1 Å². The molecule has 1 aliphatic rings. The smallest absolute Gasteiger partial charge is 0.268 e. The second kappa shape index (κ2) is 5.50. The minimum Gasteiger partial charge on any atom is -0.268 e. The van der Waals surface area contributed by atoms with E-state index in [1.165, 1.54) is 0 Å². The molecule has 2 aromatic rings. The molecule has 0 radical (unpaired) electrons. The molecule has 0 unspecified atom stereocenters. The first-order chi connectivity index (χ1) is 9.99. The molecule has 1 N–H and O–H groups in total. The fraction of sp³-hybridized carbons (Fsp3) is 0.333. The molecule has 1 aliphatic heterocycles. The van der Waals surface area contributed by atoms with E-state index in [1.54, 1.807) is 11.8 Å². The zero-order valence-electron chi connectivity index (χ0n) is 12.1. The molecule has 3 rings (SSSR count). The summed E-state index contributed by atoms with van der Waals surface area (Å²) >= 11 is 5.21. The number of aromatic amines is 1. The average Bonchev–Trinajstić information content (AvgIpc) is 2.76. The molecule has 0 aliphatic carbocycles. The van der Waals surface area contributed by atoms with Crippen LogP contribution < -0.4 is 5.56 Å². The zero-order chi connectivity index (χ0) is 15.1. The lowest BCUT2D eigenvalue weighted by Crippen LogP contribution is -2.13. The Morgan fingerprint density at radius 1 is 1.38 bits per heavy atom. The second-order valence-corrected chi connectivity index (χ2v) is 7.44. The van der Waals surface area contributed by atoms with Gasteiger partial charge in [0.05, 0.1) is 15.9 Å². The van der Waals surface area contributed by atoms with E-state index in [-0.39, 0.29) is 16.9 Å². The lowest BCUT2D eigenvalue weighted by atomic mass is 10.1. The summed E-state index contributed by atoms with van der Waals surface area (Å²) in [6.45, 7) is 6.06. The maximum Gasteiger partial charge on any atom is 0.271 e. The van der Waals surface area contributed by atoms with Gasteiger partial charge in [0.1, 0.15) is 0 Å². The molecular formula is C15H16BrN3OS. The first-order valence-corrected chi connectivity index (χ1v) is 8.47. The van der Waals surface area contributed by atoms with Gasteiger partial charge in [-0.05, 0) is 32.4 Å². The van der Waals surface area contributed by atoms with Crippen molar-refractivity contribution in [2.45, 2.75) is 32.1 Å². The normalized spacial score (nSPS) is 17.8. The van der Waals surface area contributed by atoms with Crippen molar-refractivity contribution >= 4 is 38.6 Å². The molecule has 0 amide bonds. The molecule has 0 fully saturated rings. The number of benzene rings is 1. The average molecular weight is 366 g/mol. The number of hydrogen-bond acceptors (Lipinski definition) is 3. The monoisotopic (exact) mass is 365 g/mol. The van der Waals surface area contributed by atoms with Gasteiger partial charge in [0.25, 0.3) is 5.56 Å². The molecule has 2 heterocycles. The van der Waals surface area contributed by atoms with Crippen molar-refractivity contribution in [3.8, 4) is 0 Å². The molecular weight excluding hydrogens is 350 g/mol. The number of aliphatic imine (C=N–C) groups is 1. The summed E-state index contributed by atoms with van der Waals surface area (Å²) in [6, 6.07) is 8.20. The van der Waals surface area contributed by atoms with Crippen LogP contribution in [0.4, 0.5) is 5.82 Å². The van der Waals surface area contributed by atoms with Crippen molar-refractivity contribution in [2.24, 2.45) is 4.99 Å². The number of aromatic nitrogens is 2. The van der Waals surface area contributed by atoms with Crippen molar-refractivity contribution in [3.63, 3.8) is 0 Å². The zero-order valence-corrected chi connectivity index (χ0v) is 14.5. The second-order valence-electron chi connectivity index (χ2n) is 5.29. The highest BCUT2D eigenvalue weighted by Gasteiger charge is 2.31. The Kier molecular flexibility index (Phi) is 3.84. The van der Waals surface area contributed by atoms with Gasteiger partial charge in [-0.2, -0.15) is 0 Å². The van der Waals surface area contributed by atoms with Gasteiger partial charge < -0.3 is 0 Å². The third-order valence-electron chi connectivity index (χ3n) is 3.45. The molecule has 1 aromatic heterocycles. The summed E-state index contributed by atoms with van der Waals surface area (Å²) in [5.74, 6) is 0.756. The van der Waals surface area contributed by atoms with Gasteiger partial charge in [-0.15, -0.1) is 0 Å². The Morgan fingerprint density at radius 3 is 2.76 bits per heavy atom. The van der Waals surface area contributed by atoms with Crippen molar-refractivity contribution in [1.82, 2.24) is 9.78 Å². The van der Waals surface area contributed by atoms with Crippen LogP contribution in [0.1, 0.15) is 43.2 Å². The summed E-state index contributed by atoms with van der Waals surface area (Å²) in [4.78, 5) is 17.0. The maximum absolute atomic E-state index is 12.4. The summed E-state index contributed by atoms with van der Waals surface area (Å²) in [5.41, 5.74) is 1.79. The van der Waals surface area contributed by atoms with Crippen molar-refractivity contribution in [3.05, 3.63) is 50.2 Å². The van der Waals surface area contributed by atoms with Crippen LogP contribution in [0.25, 0.3) is 0 Å². The highest BCUT2D eigenvalue weighted by molar-refractivity contribution is 9.10. The number of nitrogens with one attached hydrogen (secondary N) is 1. The topological polar surface area (TPSA) is 50.1 Å². The number of rotatable bonds is 2. The van der Waals surface area contributed by atoms with Crippen molar-refractivity contribution < 1.29 is 0 Å². The lowest BCUT2D eigenvalue weighted by molar-refractivity contribution is 0.533. The van der Waals surface area contributed by atoms with Crippen LogP contribution in [-0.2, 0) is 0 Å². The molecule has 110 valence electrons. The van der Waals surface area contributed by atoms with E-state index in [9.17, 15) is 4.79 Å². The van der Waals surface area contributed by atoms with E-state index in [0.29, 0.717) is 0 Å². The number of H-pyrrole nitrogens is 1. The number of nitrogens with zero attached hydrogens (tertiary/aromatic N) is 2. The Morgan fingerprint density at radius 2 is 2.10 bits per heavy atom. The molecule has 6 heteroatoms. The predicted octanol–water partition coefficient (Wildman–Crippen LogP) is 4.41. The first kappa shape index (κ1) is 14.7. The Hall–Kier alpha value is -1.27. The summed E-state index contributed by atoms with van der Waals surface area (Å²) in [6.07, 6.45) is 0. The Labute approximate surface area is 135 Å². The van der Waals surface area contributed by atoms with Crippen LogP contribution in [0, 0.1) is 0 Å². The van der Waals surface area contributed by atoms with Crippen LogP contribution in [0.5, 0.6) is 0 Å². The number of hydrogen-bond donors (Lipinski definition) is 1. The van der Waals surface area contributed by atoms with Crippen LogP contribution in [0.3, 0.4) is 0 Å². The molecule has 21 heavy (non-hydrogen) atoms. The van der Waals surface area contributed by atoms with Gasteiger partial charge in [0.2, 0.25) is 0 Å². The van der Waals surface area contributed by atoms with Gasteiger partial charge >= 0.3 is 0 Å². The minimum atomic E-state index is -0.0526. The molecule has 4 nitrogen and oxygen atoms in total. The van der Waals surface area contributed by atoms with Gasteiger partial charge in [0.15, 0.2) is 5.82 Å². The highest BCUT2D eigenvalue weighted by Crippen LogP contribution is 2.45. The van der Waals surface area contributed by atoms with Crippen LogP contribution in [0.15, 0.2) is 38.5 Å². The van der Waals surface area contributed by atoms with Crippen LogP contribution in [-0.4, -0.2) is 14.8 Å². The standard InChI is InChI=1S/C15H16BrN3OS/c1-8(2)19-14-12(15(20)18-19)13(21-9(3)17-14)10-6-4-5-7-11(10)16/h4-8,13H,1-3H3,(H,18,20)/t13-/m0/s1. The first-order valence-electron chi connectivity index (χ1n) is 6.79. The Bertz CT molecular complexity index is 775. The van der Waals surface area contributed by atoms with Gasteiger partial charge in [-0.3, -0.25) is 14.6 Å². The van der Waals surface area contributed by atoms with E-state index in [1.807, 2.05) is 43.7 Å². The minimum absolute atomic E-state index is 0.0307. The summed E-state index contributed by atoms with van der Waals surface area (Å²) in [7, 11) is 0. The lowest BCUT2D eigenvalue weighted by Gasteiger charge is -2.22. The predicted molar refractivity (Wildman–Crippen MR) is 91.8 cm³/mol. The van der Waals surface area contributed by atoms with Crippen molar-refractivity contribution in [2.75, 3.05) is 0 Å². The summed E-state index contributed by atoms with van der Waals surface area (Å²) < 4.78 is 2.87. The highest BCUT2D eigenvalue weighted by atomic mass is 79.9. The van der Waals surface area contributed by atoms with Crippen molar-refractivity contribution in [1.29, 1.82) is 0 Å². The SMILES string of the molecule is CC1=Nc2c(c(=O)[nH]n2C(C)C)[C@H](c2ccccc2Br)S1. The maximum atomic E-state index is 12.4. The van der Waals surface area contributed by atoms with E-state index < -0.39 is 0 Å². The third-order valence-corrected chi connectivity index (χ3v) is 5.33. The van der Waals surface area contributed by atoms with E-state index >= 15 is 0 Å². The molecule has 1 atom stereocenters. The Balaban J connectivity index is 2.23. The molecule has 1 aromatic carbocycles. The quantitative estimate of drug-likeness (QED) is 0.856. The largest absolute Gasteiger partial charge is 0.271 e. The van der Waals surface area contributed by atoms with Gasteiger partial charge in [0, 0.05) is 10.5 Å². The summed E-state index contributed by atoms with van der Waals surface area (Å²) in [5, 5.41) is 3.86. The molecule has 0 bridgehead atoms. The number of halogens is 1. The van der Waals surface area contributed by atoms with Gasteiger partial charge in [-0.1, -0.05) is 45.9 Å².